The van der Waals surface area contributed by atoms with Crippen LogP contribution in [-0.2, 0) is 0 Å². The molecule has 0 aliphatic carbocycles. The van der Waals surface area contributed by atoms with E-state index in [1.165, 1.54) is 12.2 Å². The molecule has 1 aromatic rings. The van der Waals surface area contributed by atoms with Crippen LogP contribution in [-0.4, -0.2) is 29.1 Å². The van der Waals surface area contributed by atoms with Gasteiger partial charge in [0, 0.05) is 6.54 Å². The number of carbonyl (C=O) groups is 1. The molecule has 0 aromatic heterocycles. The molecule has 1 aliphatic heterocycles. The number of aryl methyl sites for hydroxylation is 1. The third-order valence-corrected chi connectivity index (χ3v) is 4.20. The van der Waals surface area contributed by atoms with Gasteiger partial charge in [0.15, 0.2) is 0 Å². The summed E-state index contributed by atoms with van der Waals surface area (Å²) in [6.45, 7) is 2.59. The summed E-state index contributed by atoms with van der Waals surface area (Å²) < 4.78 is 0. The van der Waals surface area contributed by atoms with E-state index in [2.05, 4.69) is 5.32 Å². The van der Waals surface area contributed by atoms with Gasteiger partial charge in [0.1, 0.15) is 5.75 Å². The van der Waals surface area contributed by atoms with Gasteiger partial charge in [0.05, 0.1) is 5.56 Å². The van der Waals surface area contributed by atoms with E-state index < -0.39 is 0 Å². The van der Waals surface area contributed by atoms with Crippen molar-refractivity contribution in [1.29, 1.82) is 0 Å². The number of amides is 1. The van der Waals surface area contributed by atoms with Crippen LogP contribution in [0.5, 0.6) is 5.75 Å². The van der Waals surface area contributed by atoms with Crippen molar-refractivity contribution in [3.05, 3.63) is 29.3 Å². The number of thioether (sulfide) groups is 1. The number of hydrogen-bond donors (Lipinski definition) is 2. The lowest BCUT2D eigenvalue weighted by atomic mass is 10.1. The molecule has 1 saturated heterocycles. The topological polar surface area (TPSA) is 49.3 Å². The third-order valence-electron chi connectivity index (χ3n) is 2.97. The summed E-state index contributed by atoms with van der Waals surface area (Å²) in [7, 11) is 0. The third kappa shape index (κ3) is 3.16. The second-order valence-electron chi connectivity index (χ2n) is 4.46. The molecule has 2 N–H and O–H groups in total. The Balaban J connectivity index is 1.94. The maximum absolute atomic E-state index is 11.9. The number of aromatic hydroxyl groups is 1. The van der Waals surface area contributed by atoms with Crippen molar-refractivity contribution in [2.24, 2.45) is 5.92 Å². The van der Waals surface area contributed by atoms with Crippen molar-refractivity contribution in [2.75, 3.05) is 18.1 Å². The number of benzene rings is 1. The predicted octanol–water partition coefficient (Wildman–Crippen LogP) is 2.18. The Bertz CT molecular complexity index is 414. The summed E-state index contributed by atoms with van der Waals surface area (Å²) in [6.07, 6.45) is 1.17. The smallest absolute Gasteiger partial charge is 0.255 e. The molecule has 1 heterocycles. The minimum atomic E-state index is -0.181. The maximum Gasteiger partial charge on any atom is 0.255 e. The van der Waals surface area contributed by atoms with Crippen LogP contribution in [0.25, 0.3) is 0 Å². The van der Waals surface area contributed by atoms with Gasteiger partial charge in [-0.2, -0.15) is 11.8 Å². The zero-order valence-corrected chi connectivity index (χ0v) is 10.7. The Morgan fingerprint density at radius 1 is 1.59 bits per heavy atom. The Labute approximate surface area is 106 Å². The van der Waals surface area contributed by atoms with Gasteiger partial charge in [-0.15, -0.1) is 0 Å². The lowest BCUT2D eigenvalue weighted by molar-refractivity contribution is 0.0946. The summed E-state index contributed by atoms with van der Waals surface area (Å²) in [6, 6.07) is 5.11. The van der Waals surface area contributed by atoms with E-state index in [9.17, 15) is 9.90 Å². The van der Waals surface area contributed by atoms with Crippen molar-refractivity contribution in [3.63, 3.8) is 0 Å². The molecule has 17 heavy (non-hydrogen) atoms. The summed E-state index contributed by atoms with van der Waals surface area (Å²) in [4.78, 5) is 11.9. The van der Waals surface area contributed by atoms with Crippen molar-refractivity contribution in [1.82, 2.24) is 5.32 Å². The molecule has 92 valence electrons. The van der Waals surface area contributed by atoms with Crippen LogP contribution in [0, 0.1) is 12.8 Å². The summed E-state index contributed by atoms with van der Waals surface area (Å²) >= 11 is 1.93. The first kappa shape index (κ1) is 12.3. The first-order valence-corrected chi connectivity index (χ1v) is 6.98. The van der Waals surface area contributed by atoms with Gasteiger partial charge in [0.2, 0.25) is 0 Å². The van der Waals surface area contributed by atoms with Crippen molar-refractivity contribution >= 4 is 17.7 Å². The van der Waals surface area contributed by atoms with Gasteiger partial charge in [-0.05, 0) is 48.5 Å². The van der Waals surface area contributed by atoms with Gasteiger partial charge in [-0.25, -0.2) is 0 Å². The number of rotatable bonds is 3. The molecule has 0 spiro atoms. The first-order chi connectivity index (χ1) is 8.16. The molecular weight excluding hydrogens is 234 g/mol. The van der Waals surface area contributed by atoms with Crippen LogP contribution >= 0.6 is 11.8 Å². The van der Waals surface area contributed by atoms with E-state index in [-0.39, 0.29) is 11.7 Å². The van der Waals surface area contributed by atoms with E-state index in [1.54, 1.807) is 12.1 Å². The molecule has 1 amide bonds. The molecular formula is C13H17NO2S. The van der Waals surface area contributed by atoms with Gasteiger partial charge < -0.3 is 10.4 Å². The van der Waals surface area contributed by atoms with E-state index in [0.29, 0.717) is 18.0 Å². The molecule has 1 aliphatic rings. The largest absolute Gasteiger partial charge is 0.507 e. The lowest BCUT2D eigenvalue weighted by Crippen LogP contribution is -2.29. The summed E-state index contributed by atoms with van der Waals surface area (Å²) in [5, 5.41) is 12.6. The van der Waals surface area contributed by atoms with Crippen LogP contribution < -0.4 is 5.32 Å². The van der Waals surface area contributed by atoms with E-state index in [4.69, 9.17) is 0 Å². The van der Waals surface area contributed by atoms with Crippen molar-refractivity contribution < 1.29 is 9.90 Å². The fourth-order valence-electron chi connectivity index (χ4n) is 1.91. The zero-order valence-electron chi connectivity index (χ0n) is 9.90. The molecule has 1 unspecified atom stereocenters. The Morgan fingerprint density at radius 3 is 3.06 bits per heavy atom. The average molecular weight is 251 g/mol. The molecule has 1 fully saturated rings. The fraction of sp³-hybridized carbons (Fsp3) is 0.462. The number of hydrogen-bond acceptors (Lipinski definition) is 3. The minimum Gasteiger partial charge on any atom is -0.507 e. The average Bonchev–Trinajstić information content (AvgIpc) is 2.78. The Kier molecular flexibility index (Phi) is 3.94. The highest BCUT2D eigenvalue weighted by molar-refractivity contribution is 7.99. The van der Waals surface area contributed by atoms with Crippen LogP contribution in [0.3, 0.4) is 0 Å². The molecule has 0 bridgehead atoms. The molecule has 1 atom stereocenters. The molecule has 0 radical (unpaired) electrons. The van der Waals surface area contributed by atoms with Gasteiger partial charge in [-0.3, -0.25) is 4.79 Å². The van der Waals surface area contributed by atoms with Crippen LogP contribution in [0.2, 0.25) is 0 Å². The number of phenolic OH excluding ortho intramolecular Hbond substituents is 1. The molecule has 1 aromatic carbocycles. The number of phenols is 1. The number of nitrogens with one attached hydrogen (secondary N) is 1. The van der Waals surface area contributed by atoms with Crippen molar-refractivity contribution in [2.45, 2.75) is 13.3 Å². The Morgan fingerprint density at radius 2 is 2.41 bits per heavy atom. The second-order valence-corrected chi connectivity index (χ2v) is 5.61. The monoisotopic (exact) mass is 251 g/mol. The van der Waals surface area contributed by atoms with Gasteiger partial charge in [-0.1, -0.05) is 6.07 Å². The molecule has 0 saturated carbocycles. The quantitative estimate of drug-likeness (QED) is 0.865. The van der Waals surface area contributed by atoms with Crippen LogP contribution in [0.15, 0.2) is 18.2 Å². The van der Waals surface area contributed by atoms with E-state index >= 15 is 0 Å². The highest BCUT2D eigenvalue weighted by atomic mass is 32.2. The summed E-state index contributed by atoms with van der Waals surface area (Å²) in [5.41, 5.74) is 1.31. The first-order valence-electron chi connectivity index (χ1n) is 5.82. The Hall–Kier alpha value is -1.16. The number of carbonyl (C=O) groups excluding carboxylic acids is 1. The highest BCUT2D eigenvalue weighted by Crippen LogP contribution is 2.23. The van der Waals surface area contributed by atoms with E-state index in [0.717, 1.165) is 11.3 Å². The minimum absolute atomic E-state index is 0.0586. The SMILES string of the molecule is Cc1ccc(C(=O)NCC2CCSC2)c(O)c1. The van der Waals surface area contributed by atoms with Crippen molar-refractivity contribution in [3.8, 4) is 5.75 Å². The van der Waals surface area contributed by atoms with Gasteiger partial charge >= 0.3 is 0 Å². The van der Waals surface area contributed by atoms with Crippen LogP contribution in [0.1, 0.15) is 22.3 Å². The molecule has 2 rings (SSSR count). The maximum atomic E-state index is 11.9. The molecule has 4 heteroatoms. The fourth-order valence-corrected chi connectivity index (χ4v) is 3.19. The van der Waals surface area contributed by atoms with Gasteiger partial charge in [0.25, 0.3) is 5.91 Å². The second kappa shape index (κ2) is 5.45. The predicted molar refractivity (Wildman–Crippen MR) is 70.6 cm³/mol. The van der Waals surface area contributed by atoms with E-state index in [1.807, 2.05) is 24.8 Å². The lowest BCUT2D eigenvalue weighted by Gasteiger charge is -2.11. The summed E-state index contributed by atoms with van der Waals surface area (Å²) in [5.74, 6) is 2.77. The molecule has 3 nitrogen and oxygen atoms in total. The highest BCUT2D eigenvalue weighted by Gasteiger charge is 2.17. The standard InChI is InChI=1S/C13H17NO2S/c1-9-2-3-11(12(15)6-9)13(16)14-7-10-4-5-17-8-10/h2-3,6,10,15H,4-5,7-8H2,1H3,(H,14,16). The normalized spacial score (nSPS) is 19.2. The van der Waals surface area contributed by atoms with Crippen LogP contribution in [0.4, 0.5) is 0 Å². The zero-order chi connectivity index (χ0) is 12.3.